The van der Waals surface area contributed by atoms with Crippen molar-refractivity contribution in [1.29, 1.82) is 0 Å². The number of fused-ring (bicyclic) bond motifs is 3. The van der Waals surface area contributed by atoms with Crippen molar-refractivity contribution in [2.45, 2.75) is 6.61 Å². The fourth-order valence-corrected chi connectivity index (χ4v) is 2.63. The summed E-state index contributed by atoms with van der Waals surface area (Å²) in [5.41, 5.74) is 3.26. The molecule has 0 saturated carbocycles. The van der Waals surface area contributed by atoms with Crippen molar-refractivity contribution in [3.8, 4) is 5.75 Å². The van der Waals surface area contributed by atoms with Gasteiger partial charge < -0.3 is 9.30 Å². The molecule has 4 nitrogen and oxygen atoms in total. The Bertz CT molecular complexity index is 906. The van der Waals surface area contributed by atoms with Crippen molar-refractivity contribution in [3.05, 3.63) is 66.5 Å². The van der Waals surface area contributed by atoms with Crippen LogP contribution in [0.25, 0.3) is 16.8 Å². The van der Waals surface area contributed by atoms with Gasteiger partial charge >= 0.3 is 0 Å². The van der Waals surface area contributed by atoms with Crippen LogP contribution in [-0.2, 0) is 13.7 Å². The topological polar surface area (TPSA) is 31.5 Å². The molecule has 21 heavy (non-hydrogen) atoms. The summed E-state index contributed by atoms with van der Waals surface area (Å²) < 4.78 is 9.97. The molecule has 0 atom stereocenters. The molecular weight excluding hydrogens is 262 g/mol. The molecule has 0 N–H and O–H groups in total. The first-order chi connectivity index (χ1) is 10.3. The van der Waals surface area contributed by atoms with Gasteiger partial charge in [0, 0.05) is 13.2 Å². The van der Waals surface area contributed by atoms with E-state index in [1.54, 1.807) is 0 Å². The summed E-state index contributed by atoms with van der Waals surface area (Å²) in [4.78, 5) is 4.67. The van der Waals surface area contributed by atoms with Gasteiger partial charge in [0.1, 0.15) is 12.4 Å². The van der Waals surface area contributed by atoms with Crippen molar-refractivity contribution < 1.29 is 4.74 Å². The van der Waals surface area contributed by atoms with Gasteiger partial charge in [-0.25, -0.2) is 4.98 Å². The first kappa shape index (κ1) is 12.0. The van der Waals surface area contributed by atoms with E-state index < -0.39 is 0 Å². The van der Waals surface area contributed by atoms with E-state index in [4.69, 9.17) is 4.74 Å². The number of imidazole rings is 2. The van der Waals surface area contributed by atoms with Gasteiger partial charge in [0.05, 0.1) is 16.7 Å². The molecule has 2 aromatic carbocycles. The highest BCUT2D eigenvalue weighted by molar-refractivity contribution is 5.80. The predicted octanol–water partition coefficient (Wildman–Crippen LogP) is 3.41. The van der Waals surface area contributed by atoms with Crippen LogP contribution >= 0.6 is 0 Å². The Morgan fingerprint density at radius 1 is 0.952 bits per heavy atom. The Kier molecular flexibility index (Phi) is 2.67. The predicted molar refractivity (Wildman–Crippen MR) is 82.4 cm³/mol. The van der Waals surface area contributed by atoms with E-state index in [-0.39, 0.29) is 0 Å². The van der Waals surface area contributed by atoms with E-state index in [0.717, 1.165) is 22.7 Å². The van der Waals surface area contributed by atoms with Crippen molar-refractivity contribution in [2.75, 3.05) is 0 Å². The van der Waals surface area contributed by atoms with Gasteiger partial charge in [-0.2, -0.15) is 0 Å². The summed E-state index contributed by atoms with van der Waals surface area (Å²) >= 11 is 0. The van der Waals surface area contributed by atoms with E-state index in [0.29, 0.717) is 6.61 Å². The fraction of sp³-hybridized carbons (Fsp3) is 0.118. The average molecular weight is 277 g/mol. The van der Waals surface area contributed by atoms with Crippen LogP contribution in [0.3, 0.4) is 0 Å². The lowest BCUT2D eigenvalue weighted by Gasteiger charge is -2.02. The molecule has 0 unspecified atom stereocenters. The Morgan fingerprint density at radius 2 is 1.67 bits per heavy atom. The van der Waals surface area contributed by atoms with Gasteiger partial charge in [0.15, 0.2) is 0 Å². The first-order valence-electron chi connectivity index (χ1n) is 6.92. The molecule has 4 rings (SSSR count). The molecule has 0 spiro atoms. The van der Waals surface area contributed by atoms with E-state index in [2.05, 4.69) is 26.1 Å². The van der Waals surface area contributed by atoms with Gasteiger partial charge in [-0.3, -0.25) is 4.40 Å². The molecule has 104 valence electrons. The lowest BCUT2D eigenvalue weighted by Crippen LogP contribution is -1.96. The maximum atomic E-state index is 5.76. The Hall–Kier alpha value is -2.75. The maximum absolute atomic E-state index is 5.76. The minimum atomic E-state index is 0.472. The minimum Gasteiger partial charge on any atom is -0.487 e. The van der Waals surface area contributed by atoms with E-state index >= 15 is 0 Å². The zero-order chi connectivity index (χ0) is 14.2. The van der Waals surface area contributed by atoms with Gasteiger partial charge in [-0.1, -0.05) is 30.3 Å². The van der Waals surface area contributed by atoms with Gasteiger partial charge in [-0.05, 0) is 24.3 Å². The van der Waals surface area contributed by atoms with Crippen LogP contribution in [0.2, 0.25) is 0 Å². The van der Waals surface area contributed by atoms with Crippen LogP contribution in [0.5, 0.6) is 5.75 Å². The van der Waals surface area contributed by atoms with Crippen LogP contribution in [0, 0.1) is 0 Å². The number of nitrogens with zero attached hydrogens (tertiary/aromatic N) is 3. The quantitative estimate of drug-likeness (QED) is 0.574. The number of ether oxygens (including phenoxy) is 1. The third-order valence-corrected chi connectivity index (χ3v) is 3.67. The van der Waals surface area contributed by atoms with Crippen LogP contribution < -0.4 is 4.74 Å². The van der Waals surface area contributed by atoms with Crippen LogP contribution in [0.4, 0.5) is 0 Å². The third kappa shape index (κ3) is 1.96. The SMILES string of the molecule is Cn1c2ccccc2n2cc(COc3ccccc3)nc12. The number of rotatable bonds is 3. The minimum absolute atomic E-state index is 0.472. The second kappa shape index (κ2) is 4.66. The number of aromatic nitrogens is 3. The van der Waals surface area contributed by atoms with E-state index in [1.165, 1.54) is 5.52 Å². The van der Waals surface area contributed by atoms with Crippen LogP contribution in [-0.4, -0.2) is 14.0 Å². The summed E-state index contributed by atoms with van der Waals surface area (Å²) in [6, 6.07) is 18.1. The largest absolute Gasteiger partial charge is 0.487 e. The monoisotopic (exact) mass is 277 g/mol. The van der Waals surface area contributed by atoms with Crippen LogP contribution in [0.15, 0.2) is 60.8 Å². The summed E-state index contributed by atoms with van der Waals surface area (Å²) in [5, 5.41) is 0. The van der Waals surface area contributed by atoms with Gasteiger partial charge in [0.25, 0.3) is 0 Å². The Labute approximate surface area is 122 Å². The molecule has 0 aliphatic rings. The highest BCUT2D eigenvalue weighted by Crippen LogP contribution is 2.20. The molecule has 0 fully saturated rings. The Morgan fingerprint density at radius 3 is 2.48 bits per heavy atom. The van der Waals surface area contributed by atoms with E-state index in [1.807, 2.05) is 55.7 Å². The highest BCUT2D eigenvalue weighted by Gasteiger charge is 2.11. The van der Waals surface area contributed by atoms with Crippen LogP contribution in [0.1, 0.15) is 5.69 Å². The third-order valence-electron chi connectivity index (χ3n) is 3.67. The van der Waals surface area contributed by atoms with Gasteiger partial charge in [0.2, 0.25) is 5.78 Å². The fourth-order valence-electron chi connectivity index (χ4n) is 2.63. The molecule has 4 aromatic rings. The number of hydrogen-bond donors (Lipinski definition) is 0. The number of aryl methyl sites for hydroxylation is 1. The number of para-hydroxylation sites is 3. The molecule has 0 bridgehead atoms. The highest BCUT2D eigenvalue weighted by atomic mass is 16.5. The lowest BCUT2D eigenvalue weighted by molar-refractivity contribution is 0.302. The van der Waals surface area contributed by atoms with Crippen molar-refractivity contribution in [2.24, 2.45) is 7.05 Å². The summed E-state index contributed by atoms with van der Waals surface area (Å²) in [6.45, 7) is 0.472. The molecule has 4 heteroatoms. The number of benzene rings is 2. The molecule has 0 saturated heterocycles. The Balaban J connectivity index is 1.70. The standard InChI is InChI=1S/C17H15N3O/c1-19-15-9-5-6-10-16(15)20-11-13(18-17(19)20)12-21-14-7-3-2-4-8-14/h2-11H,12H2,1H3. The second-order valence-corrected chi connectivity index (χ2v) is 5.05. The zero-order valence-corrected chi connectivity index (χ0v) is 11.7. The molecule has 0 aliphatic carbocycles. The average Bonchev–Trinajstić information content (AvgIpc) is 3.07. The zero-order valence-electron chi connectivity index (χ0n) is 11.7. The molecular formula is C17H15N3O. The van der Waals surface area contributed by atoms with Gasteiger partial charge in [-0.15, -0.1) is 0 Å². The maximum Gasteiger partial charge on any atom is 0.214 e. The molecule has 2 heterocycles. The smallest absolute Gasteiger partial charge is 0.214 e. The lowest BCUT2D eigenvalue weighted by atomic mass is 10.3. The molecule has 0 aliphatic heterocycles. The van der Waals surface area contributed by atoms with E-state index in [9.17, 15) is 0 Å². The second-order valence-electron chi connectivity index (χ2n) is 5.05. The van der Waals surface area contributed by atoms with Crippen molar-refractivity contribution in [3.63, 3.8) is 0 Å². The first-order valence-corrected chi connectivity index (χ1v) is 6.92. The molecule has 0 amide bonds. The normalized spacial score (nSPS) is 11.3. The van der Waals surface area contributed by atoms with Crippen molar-refractivity contribution in [1.82, 2.24) is 14.0 Å². The summed E-state index contributed by atoms with van der Waals surface area (Å²) in [6.07, 6.45) is 2.04. The van der Waals surface area contributed by atoms with Crippen molar-refractivity contribution >= 4 is 16.8 Å². The number of hydrogen-bond acceptors (Lipinski definition) is 2. The summed E-state index contributed by atoms with van der Waals surface area (Å²) in [5.74, 6) is 1.79. The molecule has 0 radical (unpaired) electrons. The summed E-state index contributed by atoms with van der Waals surface area (Å²) in [7, 11) is 2.03. The molecule has 2 aromatic heterocycles.